The van der Waals surface area contributed by atoms with Crippen LogP contribution in [0.3, 0.4) is 0 Å². The first-order chi connectivity index (χ1) is 12.1. The minimum atomic E-state index is -3.11. The van der Waals surface area contributed by atoms with E-state index in [-0.39, 0.29) is 5.91 Å². The van der Waals surface area contributed by atoms with E-state index in [0.29, 0.717) is 22.1 Å². The SMILES string of the molecule is CC(=O)NC(=CP(=O)(c1ccccc1)c1ccccc1)c1ccco1. The molecule has 1 amide bonds. The summed E-state index contributed by atoms with van der Waals surface area (Å²) in [6.45, 7) is 1.41. The minimum Gasteiger partial charge on any atom is -0.463 e. The van der Waals surface area contributed by atoms with Crippen molar-refractivity contribution < 1.29 is 13.8 Å². The molecule has 0 aliphatic rings. The Kier molecular flexibility index (Phi) is 5.01. The Hall–Kier alpha value is -2.84. The van der Waals surface area contributed by atoms with Gasteiger partial charge in [0.2, 0.25) is 5.91 Å². The number of furan rings is 1. The molecule has 3 rings (SSSR count). The predicted octanol–water partition coefficient (Wildman–Crippen LogP) is 3.73. The van der Waals surface area contributed by atoms with Crippen LogP contribution in [0.15, 0.2) is 89.3 Å². The molecule has 2 aromatic carbocycles. The summed E-state index contributed by atoms with van der Waals surface area (Å²) in [5.74, 6) is 1.82. The van der Waals surface area contributed by atoms with Gasteiger partial charge in [-0.05, 0) is 12.1 Å². The van der Waals surface area contributed by atoms with Crippen LogP contribution in [-0.2, 0) is 9.36 Å². The van der Waals surface area contributed by atoms with Gasteiger partial charge in [-0.15, -0.1) is 0 Å². The van der Waals surface area contributed by atoms with Gasteiger partial charge in [-0.3, -0.25) is 4.79 Å². The Morgan fingerprint density at radius 2 is 1.48 bits per heavy atom. The quantitative estimate of drug-likeness (QED) is 0.713. The van der Waals surface area contributed by atoms with Gasteiger partial charge in [0, 0.05) is 23.3 Å². The Morgan fingerprint density at radius 3 is 1.92 bits per heavy atom. The van der Waals surface area contributed by atoms with Crippen molar-refractivity contribution >= 4 is 29.4 Å². The number of nitrogens with one attached hydrogen (secondary N) is 1. The maximum atomic E-state index is 14.0. The molecule has 126 valence electrons. The van der Waals surface area contributed by atoms with Crippen LogP contribution in [0.5, 0.6) is 0 Å². The van der Waals surface area contributed by atoms with Gasteiger partial charge in [0.15, 0.2) is 7.14 Å². The molecule has 0 saturated carbocycles. The maximum absolute atomic E-state index is 14.0. The first-order valence-electron chi connectivity index (χ1n) is 7.85. The van der Waals surface area contributed by atoms with E-state index >= 15 is 0 Å². The Labute approximate surface area is 146 Å². The Bertz CT molecular complexity index is 873. The number of amides is 1. The number of carbonyl (C=O) groups is 1. The molecule has 4 nitrogen and oxygen atoms in total. The second-order valence-corrected chi connectivity index (χ2v) is 8.14. The summed E-state index contributed by atoms with van der Waals surface area (Å²) in [5.41, 5.74) is 0.397. The Balaban J connectivity index is 2.20. The third-order valence-electron chi connectivity index (χ3n) is 3.69. The molecule has 0 aliphatic carbocycles. The van der Waals surface area contributed by atoms with E-state index in [1.165, 1.54) is 13.2 Å². The molecule has 0 fully saturated rings. The van der Waals surface area contributed by atoms with Crippen molar-refractivity contribution in [1.29, 1.82) is 0 Å². The molecule has 0 spiro atoms. The van der Waals surface area contributed by atoms with E-state index < -0.39 is 7.14 Å². The molecule has 5 heteroatoms. The van der Waals surface area contributed by atoms with E-state index in [1.54, 1.807) is 17.9 Å². The first kappa shape index (κ1) is 17.0. The lowest BCUT2D eigenvalue weighted by atomic mass is 10.3. The third kappa shape index (κ3) is 3.81. The molecule has 1 heterocycles. The molecule has 3 aromatic rings. The lowest BCUT2D eigenvalue weighted by molar-refractivity contribution is -0.117. The highest BCUT2D eigenvalue weighted by Gasteiger charge is 2.26. The second kappa shape index (κ2) is 7.37. The number of hydrogen-bond acceptors (Lipinski definition) is 3. The fourth-order valence-electron chi connectivity index (χ4n) is 2.56. The van der Waals surface area contributed by atoms with E-state index in [2.05, 4.69) is 5.32 Å². The number of hydrogen-bond donors (Lipinski definition) is 1. The molecule has 0 atom stereocenters. The number of benzene rings is 2. The van der Waals surface area contributed by atoms with Crippen molar-refractivity contribution in [3.05, 3.63) is 90.6 Å². The van der Waals surface area contributed by atoms with Crippen molar-refractivity contribution in [1.82, 2.24) is 5.32 Å². The molecule has 1 aromatic heterocycles. The molecule has 0 saturated heterocycles. The number of rotatable bonds is 5. The van der Waals surface area contributed by atoms with Crippen molar-refractivity contribution in [2.45, 2.75) is 6.92 Å². The zero-order chi connectivity index (χ0) is 17.7. The monoisotopic (exact) mass is 351 g/mol. The standard InChI is InChI=1S/C20H18NO3P/c1-16(22)21-19(20-13-8-14-24-20)15-25(23,17-9-4-2-5-10-17)18-11-6-3-7-12-18/h2-15H,1H3,(H,21,22). The van der Waals surface area contributed by atoms with Crippen molar-refractivity contribution in [2.24, 2.45) is 0 Å². The summed E-state index contributed by atoms with van der Waals surface area (Å²) in [7, 11) is -3.11. The largest absolute Gasteiger partial charge is 0.463 e. The number of carbonyl (C=O) groups excluding carboxylic acids is 1. The van der Waals surface area contributed by atoms with Crippen LogP contribution < -0.4 is 15.9 Å². The second-order valence-electron chi connectivity index (χ2n) is 5.53. The van der Waals surface area contributed by atoms with Crippen molar-refractivity contribution in [2.75, 3.05) is 0 Å². The van der Waals surface area contributed by atoms with E-state index in [1.807, 2.05) is 60.7 Å². The van der Waals surface area contributed by atoms with Crippen LogP contribution in [-0.4, -0.2) is 5.91 Å². The lowest BCUT2D eigenvalue weighted by Gasteiger charge is -2.17. The van der Waals surface area contributed by atoms with Crippen LogP contribution >= 0.6 is 7.14 Å². The van der Waals surface area contributed by atoms with Gasteiger partial charge in [0.05, 0.1) is 12.0 Å². The summed E-state index contributed by atoms with van der Waals surface area (Å²) in [5, 5.41) is 4.11. The van der Waals surface area contributed by atoms with E-state index in [4.69, 9.17) is 4.42 Å². The highest BCUT2D eigenvalue weighted by molar-refractivity contribution is 7.81. The molecular formula is C20H18NO3P. The fraction of sp³-hybridized carbons (Fsp3) is 0.0500. The average Bonchev–Trinajstić information content (AvgIpc) is 3.17. The lowest BCUT2D eigenvalue weighted by Crippen LogP contribution is -2.20. The molecule has 1 N–H and O–H groups in total. The molecule has 25 heavy (non-hydrogen) atoms. The molecular weight excluding hydrogens is 333 g/mol. The topological polar surface area (TPSA) is 59.3 Å². The normalized spacial score (nSPS) is 12.0. The highest BCUT2D eigenvalue weighted by atomic mass is 31.2. The van der Waals surface area contributed by atoms with Gasteiger partial charge in [0.25, 0.3) is 0 Å². The van der Waals surface area contributed by atoms with Gasteiger partial charge >= 0.3 is 0 Å². The smallest absolute Gasteiger partial charge is 0.221 e. The molecule has 0 bridgehead atoms. The van der Waals surface area contributed by atoms with E-state index in [0.717, 1.165) is 0 Å². The highest BCUT2D eigenvalue weighted by Crippen LogP contribution is 2.46. The minimum absolute atomic E-state index is 0.254. The van der Waals surface area contributed by atoms with Crippen LogP contribution in [0.4, 0.5) is 0 Å². The summed E-state index contributed by atoms with van der Waals surface area (Å²) in [6.07, 6.45) is 1.51. The third-order valence-corrected chi connectivity index (χ3v) is 6.44. The van der Waals surface area contributed by atoms with Crippen molar-refractivity contribution in [3.8, 4) is 0 Å². The van der Waals surface area contributed by atoms with Gasteiger partial charge < -0.3 is 14.3 Å². The zero-order valence-electron chi connectivity index (χ0n) is 13.8. The van der Waals surface area contributed by atoms with Crippen LogP contribution in [0, 0.1) is 0 Å². The molecule has 0 unspecified atom stereocenters. The van der Waals surface area contributed by atoms with Gasteiger partial charge in [-0.2, -0.15) is 0 Å². The summed E-state index contributed by atoms with van der Waals surface area (Å²) in [6, 6.07) is 21.9. The summed E-state index contributed by atoms with van der Waals surface area (Å²) in [4.78, 5) is 11.6. The molecule has 0 radical (unpaired) electrons. The zero-order valence-corrected chi connectivity index (χ0v) is 14.6. The van der Waals surface area contributed by atoms with Crippen LogP contribution in [0.25, 0.3) is 5.70 Å². The van der Waals surface area contributed by atoms with Crippen molar-refractivity contribution in [3.63, 3.8) is 0 Å². The Morgan fingerprint density at radius 1 is 0.920 bits per heavy atom. The van der Waals surface area contributed by atoms with Gasteiger partial charge in [-0.1, -0.05) is 60.7 Å². The van der Waals surface area contributed by atoms with Gasteiger partial charge in [0.1, 0.15) is 5.76 Å². The summed E-state index contributed by atoms with van der Waals surface area (Å²) >= 11 is 0. The molecule has 0 aliphatic heterocycles. The fourth-order valence-corrected chi connectivity index (χ4v) is 4.94. The van der Waals surface area contributed by atoms with E-state index in [9.17, 15) is 9.36 Å². The van der Waals surface area contributed by atoms with Crippen LogP contribution in [0.1, 0.15) is 12.7 Å². The predicted molar refractivity (Wildman–Crippen MR) is 100 cm³/mol. The summed E-state index contributed by atoms with van der Waals surface area (Å²) < 4.78 is 19.4. The maximum Gasteiger partial charge on any atom is 0.221 e. The van der Waals surface area contributed by atoms with Gasteiger partial charge in [-0.25, -0.2) is 0 Å². The average molecular weight is 351 g/mol. The first-order valence-corrected chi connectivity index (χ1v) is 9.62. The van der Waals surface area contributed by atoms with Crippen LogP contribution in [0.2, 0.25) is 0 Å².